The molecule has 1 aliphatic rings. The summed E-state index contributed by atoms with van der Waals surface area (Å²) in [6, 6.07) is 16.1. The van der Waals surface area contributed by atoms with Crippen LogP contribution in [0.1, 0.15) is 35.7 Å². The van der Waals surface area contributed by atoms with Gasteiger partial charge >= 0.3 is 0 Å². The Morgan fingerprint density at radius 1 is 1.11 bits per heavy atom. The molecular weight excluding hydrogens is 340 g/mol. The van der Waals surface area contributed by atoms with Crippen molar-refractivity contribution in [2.24, 2.45) is 11.7 Å². The maximum Gasteiger partial charge on any atom is 0.260 e. The van der Waals surface area contributed by atoms with Crippen molar-refractivity contribution in [1.29, 1.82) is 0 Å². The minimum absolute atomic E-state index is 0.00233. The zero-order valence-electron chi connectivity index (χ0n) is 15.6. The van der Waals surface area contributed by atoms with E-state index in [4.69, 9.17) is 10.5 Å². The average molecular weight is 366 g/mol. The number of rotatable bonds is 6. The highest BCUT2D eigenvalue weighted by Gasteiger charge is 2.25. The van der Waals surface area contributed by atoms with Gasteiger partial charge in [0, 0.05) is 30.3 Å². The fourth-order valence-corrected chi connectivity index (χ4v) is 3.36. The lowest BCUT2D eigenvalue weighted by Gasteiger charge is -2.34. The minimum atomic E-state index is -0.0338. The quantitative estimate of drug-likeness (QED) is 0.798. The first-order valence-corrected chi connectivity index (χ1v) is 9.40. The number of carbonyl (C=O) groups excluding carboxylic acids is 2. The molecule has 0 saturated carbocycles. The van der Waals surface area contributed by atoms with Crippen LogP contribution in [0.5, 0.6) is 5.75 Å². The normalized spacial score (nSPS) is 18.0. The number of hydrogen-bond acceptors (Lipinski definition) is 4. The summed E-state index contributed by atoms with van der Waals surface area (Å²) in [5.74, 6) is 0.873. The van der Waals surface area contributed by atoms with Crippen molar-refractivity contribution >= 4 is 11.7 Å². The number of nitrogens with two attached hydrogens (primary N) is 1. The van der Waals surface area contributed by atoms with Crippen LogP contribution in [0, 0.1) is 5.92 Å². The van der Waals surface area contributed by atoms with Gasteiger partial charge in [-0.25, -0.2) is 0 Å². The Labute approximate surface area is 160 Å². The molecule has 1 heterocycles. The summed E-state index contributed by atoms with van der Waals surface area (Å²) in [6.07, 6.45) is 2.05. The molecule has 2 aromatic carbocycles. The van der Waals surface area contributed by atoms with Crippen molar-refractivity contribution in [1.82, 2.24) is 4.90 Å². The molecule has 0 spiro atoms. The molecule has 0 radical (unpaired) electrons. The average Bonchev–Trinajstić information content (AvgIpc) is 2.72. The molecule has 27 heavy (non-hydrogen) atoms. The van der Waals surface area contributed by atoms with Crippen LogP contribution in [0.4, 0.5) is 0 Å². The Hall–Kier alpha value is -2.66. The summed E-state index contributed by atoms with van der Waals surface area (Å²) in [7, 11) is 0. The van der Waals surface area contributed by atoms with Crippen LogP contribution in [-0.4, -0.2) is 42.3 Å². The molecule has 2 unspecified atom stereocenters. The van der Waals surface area contributed by atoms with E-state index in [0.717, 1.165) is 19.4 Å². The van der Waals surface area contributed by atoms with Crippen LogP contribution in [0.3, 0.4) is 0 Å². The van der Waals surface area contributed by atoms with Crippen molar-refractivity contribution in [2.75, 3.05) is 19.7 Å². The SMILES string of the molecule is CC(N)C1CCCN(C(=O)COc2ccc(C(=O)c3ccccc3)cc2)C1. The maximum atomic E-state index is 12.4. The van der Waals surface area contributed by atoms with Gasteiger partial charge in [-0.3, -0.25) is 9.59 Å². The van der Waals surface area contributed by atoms with Gasteiger partial charge in [0.05, 0.1) is 0 Å². The third-order valence-corrected chi connectivity index (χ3v) is 5.07. The number of ether oxygens (including phenoxy) is 1. The van der Waals surface area contributed by atoms with E-state index in [1.54, 1.807) is 36.4 Å². The van der Waals surface area contributed by atoms with Gasteiger partial charge in [-0.15, -0.1) is 0 Å². The highest BCUT2D eigenvalue weighted by Crippen LogP contribution is 2.20. The molecule has 0 aliphatic carbocycles. The summed E-state index contributed by atoms with van der Waals surface area (Å²) in [5.41, 5.74) is 7.22. The Balaban J connectivity index is 1.54. The maximum absolute atomic E-state index is 12.4. The zero-order valence-corrected chi connectivity index (χ0v) is 15.6. The number of ketones is 1. The lowest BCUT2D eigenvalue weighted by atomic mass is 9.92. The molecule has 1 aliphatic heterocycles. The van der Waals surface area contributed by atoms with Gasteiger partial charge in [0.1, 0.15) is 5.75 Å². The van der Waals surface area contributed by atoms with E-state index in [2.05, 4.69) is 0 Å². The van der Waals surface area contributed by atoms with Gasteiger partial charge in [-0.2, -0.15) is 0 Å². The highest BCUT2D eigenvalue weighted by atomic mass is 16.5. The second-order valence-corrected chi connectivity index (χ2v) is 7.11. The number of likely N-dealkylation sites (tertiary alicyclic amines) is 1. The van der Waals surface area contributed by atoms with Crippen molar-refractivity contribution in [3.05, 3.63) is 65.7 Å². The van der Waals surface area contributed by atoms with Gasteiger partial charge in [-0.1, -0.05) is 30.3 Å². The van der Waals surface area contributed by atoms with E-state index in [-0.39, 0.29) is 24.3 Å². The van der Waals surface area contributed by atoms with Gasteiger partial charge in [0.2, 0.25) is 0 Å². The van der Waals surface area contributed by atoms with Crippen molar-refractivity contribution in [2.45, 2.75) is 25.8 Å². The fraction of sp³-hybridized carbons (Fsp3) is 0.364. The number of hydrogen-bond donors (Lipinski definition) is 1. The molecule has 2 N–H and O–H groups in total. The Morgan fingerprint density at radius 3 is 2.44 bits per heavy atom. The number of nitrogens with zero attached hydrogens (tertiary/aromatic N) is 1. The summed E-state index contributed by atoms with van der Waals surface area (Å²) in [5, 5.41) is 0. The fourth-order valence-electron chi connectivity index (χ4n) is 3.36. The lowest BCUT2D eigenvalue weighted by molar-refractivity contribution is -0.135. The summed E-state index contributed by atoms with van der Waals surface area (Å²) < 4.78 is 5.62. The van der Waals surface area contributed by atoms with E-state index >= 15 is 0 Å². The first kappa shape index (κ1) is 19.1. The highest BCUT2D eigenvalue weighted by molar-refractivity contribution is 6.08. The van der Waals surface area contributed by atoms with Crippen LogP contribution in [0.2, 0.25) is 0 Å². The van der Waals surface area contributed by atoms with E-state index in [9.17, 15) is 9.59 Å². The van der Waals surface area contributed by atoms with Crippen molar-refractivity contribution < 1.29 is 14.3 Å². The van der Waals surface area contributed by atoms with Crippen LogP contribution in [0.15, 0.2) is 54.6 Å². The third-order valence-electron chi connectivity index (χ3n) is 5.07. The van der Waals surface area contributed by atoms with E-state index in [1.807, 2.05) is 30.0 Å². The van der Waals surface area contributed by atoms with Gasteiger partial charge in [0.15, 0.2) is 12.4 Å². The Morgan fingerprint density at radius 2 is 1.78 bits per heavy atom. The number of carbonyl (C=O) groups is 2. The van der Waals surface area contributed by atoms with E-state index in [1.165, 1.54) is 0 Å². The molecule has 0 bridgehead atoms. The van der Waals surface area contributed by atoms with Crippen LogP contribution < -0.4 is 10.5 Å². The van der Waals surface area contributed by atoms with Crippen LogP contribution in [0.25, 0.3) is 0 Å². The molecule has 5 heteroatoms. The van der Waals surface area contributed by atoms with Crippen LogP contribution in [-0.2, 0) is 4.79 Å². The molecule has 2 aromatic rings. The molecule has 0 aromatic heterocycles. The first-order valence-electron chi connectivity index (χ1n) is 9.40. The molecule has 2 atom stereocenters. The Bertz CT molecular complexity index is 772. The van der Waals surface area contributed by atoms with Gasteiger partial charge in [-0.05, 0) is 49.9 Å². The molecular formula is C22H26N2O3. The summed E-state index contributed by atoms with van der Waals surface area (Å²) >= 11 is 0. The van der Waals surface area contributed by atoms with Gasteiger partial charge in [0.25, 0.3) is 5.91 Å². The smallest absolute Gasteiger partial charge is 0.260 e. The molecule has 5 nitrogen and oxygen atoms in total. The molecule has 142 valence electrons. The molecule has 1 fully saturated rings. The van der Waals surface area contributed by atoms with E-state index in [0.29, 0.717) is 29.3 Å². The van der Waals surface area contributed by atoms with Crippen molar-refractivity contribution in [3.63, 3.8) is 0 Å². The first-order chi connectivity index (χ1) is 13.0. The molecule has 1 amide bonds. The number of piperidine rings is 1. The minimum Gasteiger partial charge on any atom is -0.484 e. The summed E-state index contributed by atoms with van der Waals surface area (Å²) in [4.78, 5) is 26.6. The Kier molecular flexibility index (Phi) is 6.24. The zero-order chi connectivity index (χ0) is 19.2. The van der Waals surface area contributed by atoms with Crippen molar-refractivity contribution in [3.8, 4) is 5.75 Å². The molecule has 3 rings (SSSR count). The summed E-state index contributed by atoms with van der Waals surface area (Å²) in [6.45, 7) is 3.45. The predicted octanol–water partition coefficient (Wildman–Crippen LogP) is 2.88. The lowest BCUT2D eigenvalue weighted by Crippen LogP contribution is -2.46. The molecule has 1 saturated heterocycles. The van der Waals surface area contributed by atoms with E-state index < -0.39 is 0 Å². The third kappa shape index (κ3) is 4.95. The topological polar surface area (TPSA) is 72.6 Å². The monoisotopic (exact) mass is 366 g/mol. The predicted molar refractivity (Wildman–Crippen MR) is 105 cm³/mol. The standard InChI is InChI=1S/C22H26N2O3/c1-16(23)19-8-5-13-24(14-19)21(25)15-27-20-11-9-18(10-12-20)22(26)17-6-3-2-4-7-17/h2-4,6-7,9-12,16,19H,5,8,13-15,23H2,1H3. The number of amides is 1. The second kappa shape index (κ2) is 8.82. The largest absolute Gasteiger partial charge is 0.484 e. The number of benzene rings is 2. The van der Waals surface area contributed by atoms with Gasteiger partial charge < -0.3 is 15.4 Å². The van der Waals surface area contributed by atoms with Crippen LogP contribution >= 0.6 is 0 Å². The second-order valence-electron chi connectivity index (χ2n) is 7.11.